The Morgan fingerprint density at radius 3 is 2.67 bits per heavy atom. The third-order valence-corrected chi connectivity index (χ3v) is 0.622. The van der Waals surface area contributed by atoms with Crippen LogP contribution >= 0.6 is 0 Å². The van der Waals surface area contributed by atoms with Crippen LogP contribution in [0.2, 0.25) is 6.32 Å². The highest BCUT2D eigenvalue weighted by molar-refractivity contribution is 6.41. The first-order chi connectivity index (χ1) is 2.91. The van der Waals surface area contributed by atoms with Crippen molar-refractivity contribution in [3.63, 3.8) is 0 Å². The third kappa shape index (κ3) is 3.80. The molecule has 0 N–H and O–H groups in total. The summed E-state index contributed by atoms with van der Waals surface area (Å²) in [5.41, 5.74) is 0. The molecule has 0 nitrogen and oxygen atoms in total. The van der Waals surface area contributed by atoms with Gasteiger partial charge in [-0.15, -0.1) is 12.6 Å². The van der Waals surface area contributed by atoms with Crippen LogP contribution in [-0.2, 0) is 0 Å². The minimum Gasteiger partial charge on any atom is -0.130 e. The highest BCUT2D eigenvalue weighted by Gasteiger charge is 1.75. The molecule has 0 aliphatic carbocycles. The van der Waals surface area contributed by atoms with Crippen molar-refractivity contribution >= 4 is 7.28 Å². The van der Waals surface area contributed by atoms with Crippen molar-refractivity contribution in [3.8, 4) is 0 Å². The van der Waals surface area contributed by atoms with Crippen molar-refractivity contribution in [1.82, 2.24) is 0 Å². The lowest BCUT2D eigenvalue weighted by Crippen LogP contribution is -1.77. The minimum atomic E-state index is 1.17. The maximum Gasteiger partial charge on any atom is 0.140 e. The van der Waals surface area contributed by atoms with Crippen LogP contribution in [0.3, 0.4) is 0 Å². The second-order valence-corrected chi connectivity index (χ2v) is 1.26. The van der Waals surface area contributed by atoms with E-state index in [2.05, 4.69) is 20.8 Å². The lowest BCUT2D eigenvalue weighted by atomic mass is 9.74. The standard InChI is InChI=1S/C5H10B/c1-3-5-6-4-2/h4H,2-3,5H2,1H3. The van der Waals surface area contributed by atoms with Gasteiger partial charge in [-0.2, -0.15) is 0 Å². The molecule has 0 unspecified atom stereocenters. The van der Waals surface area contributed by atoms with E-state index in [1.54, 1.807) is 0 Å². The van der Waals surface area contributed by atoms with Gasteiger partial charge in [-0.1, -0.05) is 19.7 Å². The SMILES string of the molecule is C=C[B]CCC. The van der Waals surface area contributed by atoms with Crippen LogP contribution in [0.1, 0.15) is 13.3 Å². The van der Waals surface area contributed by atoms with Crippen LogP contribution in [0.15, 0.2) is 12.6 Å². The predicted octanol–water partition coefficient (Wildman–Crippen LogP) is 1.66. The van der Waals surface area contributed by atoms with E-state index in [0.717, 1.165) is 0 Å². The van der Waals surface area contributed by atoms with Gasteiger partial charge in [-0.05, 0) is 0 Å². The Bertz CT molecular complexity index is 32.9. The zero-order valence-electron chi connectivity index (χ0n) is 4.28. The van der Waals surface area contributed by atoms with E-state index in [-0.39, 0.29) is 0 Å². The smallest absolute Gasteiger partial charge is 0.130 e. The van der Waals surface area contributed by atoms with Gasteiger partial charge in [-0.3, -0.25) is 0 Å². The second kappa shape index (κ2) is 4.80. The number of hydrogen-bond donors (Lipinski definition) is 0. The van der Waals surface area contributed by atoms with Crippen molar-refractivity contribution in [3.05, 3.63) is 12.6 Å². The molecular weight excluding hydrogens is 70.9 g/mol. The van der Waals surface area contributed by atoms with E-state index in [0.29, 0.717) is 0 Å². The Hall–Kier alpha value is -0.195. The van der Waals surface area contributed by atoms with Gasteiger partial charge in [0.15, 0.2) is 0 Å². The topological polar surface area (TPSA) is 0 Å². The first-order valence-electron chi connectivity index (χ1n) is 2.36. The summed E-state index contributed by atoms with van der Waals surface area (Å²) in [5.74, 6) is 1.84. The monoisotopic (exact) mass is 81.1 g/mol. The molecule has 0 fully saturated rings. The van der Waals surface area contributed by atoms with Gasteiger partial charge in [0.1, 0.15) is 7.28 Å². The van der Waals surface area contributed by atoms with Gasteiger partial charge < -0.3 is 0 Å². The molecule has 6 heavy (non-hydrogen) atoms. The van der Waals surface area contributed by atoms with Crippen LogP contribution in [0.5, 0.6) is 0 Å². The lowest BCUT2D eigenvalue weighted by molar-refractivity contribution is 1.08. The Morgan fingerprint density at radius 2 is 2.50 bits per heavy atom. The highest BCUT2D eigenvalue weighted by atomic mass is 13.6. The summed E-state index contributed by atoms with van der Waals surface area (Å²) in [7, 11) is 2.07. The van der Waals surface area contributed by atoms with Crippen LogP contribution in [0.25, 0.3) is 0 Å². The van der Waals surface area contributed by atoms with E-state index in [4.69, 9.17) is 0 Å². The summed E-state index contributed by atoms with van der Waals surface area (Å²) in [5, 5.41) is 0. The number of rotatable bonds is 3. The molecule has 0 heterocycles. The van der Waals surface area contributed by atoms with Crippen molar-refractivity contribution in [2.75, 3.05) is 0 Å². The molecule has 0 aliphatic heterocycles. The third-order valence-electron chi connectivity index (χ3n) is 0.622. The molecule has 1 heteroatoms. The van der Waals surface area contributed by atoms with E-state index < -0.39 is 0 Å². The average molecular weight is 80.9 g/mol. The van der Waals surface area contributed by atoms with Crippen LogP contribution in [0, 0.1) is 0 Å². The molecule has 0 aromatic rings. The number of hydrogen-bond acceptors (Lipinski definition) is 0. The van der Waals surface area contributed by atoms with Crippen molar-refractivity contribution < 1.29 is 0 Å². The molecule has 0 aromatic carbocycles. The quantitative estimate of drug-likeness (QED) is 0.358. The Labute approximate surface area is 40.5 Å². The van der Waals surface area contributed by atoms with Crippen LogP contribution in [-0.4, -0.2) is 7.28 Å². The van der Waals surface area contributed by atoms with Crippen molar-refractivity contribution in [2.45, 2.75) is 19.7 Å². The maximum atomic E-state index is 3.54. The fourth-order valence-corrected chi connectivity index (χ4v) is 0.285. The van der Waals surface area contributed by atoms with Gasteiger partial charge in [0, 0.05) is 0 Å². The molecule has 0 atom stereocenters. The van der Waals surface area contributed by atoms with Gasteiger partial charge >= 0.3 is 0 Å². The second-order valence-electron chi connectivity index (χ2n) is 1.26. The highest BCUT2D eigenvalue weighted by Crippen LogP contribution is 1.82. The molecule has 0 aromatic heterocycles. The van der Waals surface area contributed by atoms with Gasteiger partial charge in [0.2, 0.25) is 0 Å². The van der Waals surface area contributed by atoms with Gasteiger partial charge in [0.05, 0.1) is 0 Å². The molecule has 1 radical (unpaired) electrons. The van der Waals surface area contributed by atoms with E-state index >= 15 is 0 Å². The lowest BCUT2D eigenvalue weighted by Gasteiger charge is -1.79. The predicted molar refractivity (Wildman–Crippen MR) is 31.0 cm³/mol. The summed E-state index contributed by atoms with van der Waals surface area (Å²) < 4.78 is 0. The van der Waals surface area contributed by atoms with E-state index in [1.807, 2.05) is 5.98 Å². The van der Waals surface area contributed by atoms with Gasteiger partial charge in [-0.25, -0.2) is 0 Å². The zero-order valence-corrected chi connectivity index (χ0v) is 4.28. The largest absolute Gasteiger partial charge is 0.140 e. The first-order valence-corrected chi connectivity index (χ1v) is 2.36. The average Bonchev–Trinajstić information content (AvgIpc) is 1.61. The fourth-order valence-electron chi connectivity index (χ4n) is 0.285. The van der Waals surface area contributed by atoms with Crippen LogP contribution in [0.4, 0.5) is 0 Å². The Kier molecular flexibility index (Phi) is 4.65. The van der Waals surface area contributed by atoms with Crippen molar-refractivity contribution in [2.24, 2.45) is 0 Å². The summed E-state index contributed by atoms with van der Waals surface area (Å²) in [4.78, 5) is 0. The fraction of sp³-hybridized carbons (Fsp3) is 0.600. The first kappa shape index (κ1) is 5.80. The Balaban J connectivity index is 2.49. The normalized spacial score (nSPS) is 7.50. The molecule has 33 valence electrons. The molecular formula is C5H10B. The van der Waals surface area contributed by atoms with Gasteiger partial charge in [0.25, 0.3) is 0 Å². The summed E-state index contributed by atoms with van der Waals surface area (Å²) in [6.07, 6.45) is 2.40. The molecule has 0 rings (SSSR count). The molecule has 0 saturated heterocycles. The minimum absolute atomic E-state index is 1.17. The molecule has 0 bridgehead atoms. The molecule has 0 spiro atoms. The maximum absolute atomic E-state index is 3.54. The zero-order chi connectivity index (χ0) is 4.83. The summed E-state index contributed by atoms with van der Waals surface area (Å²) in [6, 6.07) is 0. The molecule has 0 saturated carbocycles. The molecule has 0 amide bonds. The summed E-state index contributed by atoms with van der Waals surface area (Å²) >= 11 is 0. The Morgan fingerprint density at radius 1 is 1.83 bits per heavy atom. The van der Waals surface area contributed by atoms with Crippen LogP contribution < -0.4 is 0 Å². The van der Waals surface area contributed by atoms with E-state index in [9.17, 15) is 0 Å². The van der Waals surface area contributed by atoms with E-state index in [1.165, 1.54) is 12.7 Å². The van der Waals surface area contributed by atoms with Crippen molar-refractivity contribution in [1.29, 1.82) is 0 Å². The molecule has 0 aliphatic rings. The summed E-state index contributed by atoms with van der Waals surface area (Å²) in [6.45, 7) is 5.70.